The average Bonchev–Trinajstić information content (AvgIpc) is 2.06. The molecule has 0 aromatic rings. The zero-order valence-corrected chi connectivity index (χ0v) is 8.60. The molecule has 1 saturated heterocycles. The minimum absolute atomic E-state index is 0.445. The molecule has 0 radical (unpaired) electrons. The van der Waals surface area contributed by atoms with Crippen LogP contribution in [0.4, 0.5) is 0 Å². The van der Waals surface area contributed by atoms with Gasteiger partial charge in [-0.05, 0) is 37.9 Å². The molecule has 0 bridgehead atoms. The van der Waals surface area contributed by atoms with Crippen molar-refractivity contribution in [3.05, 3.63) is 0 Å². The molecule has 12 heavy (non-hydrogen) atoms. The number of methoxy groups -OCH3 is 1. The molecule has 0 amide bonds. The first-order valence-corrected chi connectivity index (χ1v) is 4.91. The van der Waals surface area contributed by atoms with Crippen molar-refractivity contribution in [1.29, 1.82) is 0 Å². The van der Waals surface area contributed by atoms with Crippen molar-refractivity contribution in [1.82, 2.24) is 4.90 Å². The van der Waals surface area contributed by atoms with Gasteiger partial charge in [-0.15, -0.1) is 0 Å². The van der Waals surface area contributed by atoms with E-state index in [-0.39, 0.29) is 0 Å². The van der Waals surface area contributed by atoms with Crippen molar-refractivity contribution in [2.45, 2.75) is 26.7 Å². The lowest BCUT2D eigenvalue weighted by atomic mass is 9.81. The minimum Gasteiger partial charge on any atom is -0.384 e. The summed E-state index contributed by atoms with van der Waals surface area (Å²) >= 11 is 0. The van der Waals surface area contributed by atoms with Gasteiger partial charge < -0.3 is 9.64 Å². The number of rotatable bonds is 3. The predicted octanol–water partition coefficient (Wildman–Crippen LogP) is 1.75. The third-order valence-electron chi connectivity index (χ3n) is 3.00. The molecule has 0 aromatic heterocycles. The normalized spacial score (nSPS) is 24.2. The van der Waals surface area contributed by atoms with Crippen LogP contribution in [0.25, 0.3) is 0 Å². The second-order valence-electron chi connectivity index (χ2n) is 4.18. The van der Waals surface area contributed by atoms with Gasteiger partial charge in [0.05, 0.1) is 6.61 Å². The van der Waals surface area contributed by atoms with Crippen LogP contribution in [0.15, 0.2) is 0 Å². The predicted molar refractivity (Wildman–Crippen MR) is 51.3 cm³/mol. The van der Waals surface area contributed by atoms with E-state index in [0.29, 0.717) is 5.41 Å². The highest BCUT2D eigenvalue weighted by Crippen LogP contribution is 2.30. The molecule has 0 aromatic carbocycles. The fourth-order valence-electron chi connectivity index (χ4n) is 1.90. The van der Waals surface area contributed by atoms with Gasteiger partial charge in [0.25, 0.3) is 0 Å². The summed E-state index contributed by atoms with van der Waals surface area (Å²) in [4.78, 5) is 2.51. The second kappa shape index (κ2) is 4.24. The average molecular weight is 171 g/mol. The van der Waals surface area contributed by atoms with Crippen LogP contribution in [0.3, 0.4) is 0 Å². The molecule has 1 aliphatic rings. The van der Waals surface area contributed by atoms with Crippen LogP contribution >= 0.6 is 0 Å². The highest BCUT2D eigenvalue weighted by molar-refractivity contribution is 4.81. The van der Waals surface area contributed by atoms with E-state index in [1.165, 1.54) is 32.5 Å². The monoisotopic (exact) mass is 171 g/mol. The molecule has 0 atom stereocenters. The number of ether oxygens (including phenoxy) is 1. The van der Waals surface area contributed by atoms with Crippen molar-refractivity contribution < 1.29 is 4.74 Å². The molecule has 2 nitrogen and oxygen atoms in total. The van der Waals surface area contributed by atoms with Crippen LogP contribution < -0.4 is 0 Å². The molecule has 0 aliphatic carbocycles. The summed E-state index contributed by atoms with van der Waals surface area (Å²) < 4.78 is 5.23. The third-order valence-corrected chi connectivity index (χ3v) is 3.00. The van der Waals surface area contributed by atoms with Gasteiger partial charge in [-0.1, -0.05) is 13.8 Å². The first-order chi connectivity index (χ1) is 5.70. The van der Waals surface area contributed by atoms with E-state index in [4.69, 9.17) is 4.74 Å². The van der Waals surface area contributed by atoms with E-state index < -0.39 is 0 Å². The molecular weight excluding hydrogens is 150 g/mol. The van der Waals surface area contributed by atoms with Crippen LogP contribution in [0, 0.1) is 5.41 Å². The summed E-state index contributed by atoms with van der Waals surface area (Å²) in [6.45, 7) is 9.18. The SMILES string of the molecule is CCN1CCC(C)(COC)CC1. The summed E-state index contributed by atoms with van der Waals surface area (Å²) in [6, 6.07) is 0. The van der Waals surface area contributed by atoms with E-state index in [1.807, 2.05) is 0 Å². The maximum absolute atomic E-state index is 5.23. The Kier molecular flexibility index (Phi) is 3.53. The lowest BCUT2D eigenvalue weighted by molar-refractivity contribution is 0.0360. The smallest absolute Gasteiger partial charge is 0.0516 e. The highest BCUT2D eigenvalue weighted by Gasteiger charge is 2.29. The Hall–Kier alpha value is -0.0800. The van der Waals surface area contributed by atoms with Crippen LogP contribution in [-0.4, -0.2) is 38.3 Å². The molecule has 0 unspecified atom stereocenters. The molecule has 1 aliphatic heterocycles. The molecule has 1 rings (SSSR count). The maximum Gasteiger partial charge on any atom is 0.0516 e. The van der Waals surface area contributed by atoms with Gasteiger partial charge in [0.2, 0.25) is 0 Å². The van der Waals surface area contributed by atoms with E-state index in [1.54, 1.807) is 7.11 Å². The van der Waals surface area contributed by atoms with Gasteiger partial charge in [0.15, 0.2) is 0 Å². The Morgan fingerprint density at radius 1 is 1.33 bits per heavy atom. The van der Waals surface area contributed by atoms with Gasteiger partial charge in [-0.2, -0.15) is 0 Å². The fraction of sp³-hybridized carbons (Fsp3) is 1.00. The van der Waals surface area contributed by atoms with Crippen molar-refractivity contribution in [3.63, 3.8) is 0 Å². The number of hydrogen-bond donors (Lipinski definition) is 0. The Morgan fingerprint density at radius 2 is 1.92 bits per heavy atom. The molecule has 0 spiro atoms. The van der Waals surface area contributed by atoms with Crippen molar-refractivity contribution >= 4 is 0 Å². The quantitative estimate of drug-likeness (QED) is 0.641. The molecule has 2 heteroatoms. The van der Waals surface area contributed by atoms with Crippen LogP contribution in [0.5, 0.6) is 0 Å². The molecule has 0 N–H and O–H groups in total. The molecule has 1 fully saturated rings. The van der Waals surface area contributed by atoms with Gasteiger partial charge in [0.1, 0.15) is 0 Å². The van der Waals surface area contributed by atoms with Crippen molar-refractivity contribution in [2.75, 3.05) is 33.4 Å². The summed E-state index contributed by atoms with van der Waals surface area (Å²) in [5.41, 5.74) is 0.445. The third kappa shape index (κ3) is 2.46. The van der Waals surface area contributed by atoms with Crippen molar-refractivity contribution in [3.8, 4) is 0 Å². The lowest BCUT2D eigenvalue weighted by Crippen LogP contribution is -2.40. The number of likely N-dealkylation sites (tertiary alicyclic amines) is 1. The number of piperidine rings is 1. The Morgan fingerprint density at radius 3 is 2.33 bits per heavy atom. The van der Waals surface area contributed by atoms with Crippen LogP contribution in [-0.2, 0) is 4.74 Å². The maximum atomic E-state index is 5.23. The molecule has 1 heterocycles. The van der Waals surface area contributed by atoms with Gasteiger partial charge in [-0.25, -0.2) is 0 Å². The Bertz CT molecular complexity index is 128. The lowest BCUT2D eigenvalue weighted by Gasteiger charge is -2.38. The van der Waals surface area contributed by atoms with Gasteiger partial charge >= 0.3 is 0 Å². The first-order valence-electron chi connectivity index (χ1n) is 4.91. The number of nitrogens with zero attached hydrogens (tertiary/aromatic N) is 1. The fourth-order valence-corrected chi connectivity index (χ4v) is 1.90. The summed E-state index contributed by atoms with van der Waals surface area (Å²) in [5.74, 6) is 0. The second-order valence-corrected chi connectivity index (χ2v) is 4.18. The molecular formula is C10H21NO. The van der Waals surface area contributed by atoms with Crippen LogP contribution in [0.2, 0.25) is 0 Å². The van der Waals surface area contributed by atoms with Gasteiger partial charge in [-0.3, -0.25) is 0 Å². The molecule has 0 saturated carbocycles. The standard InChI is InChI=1S/C10H21NO/c1-4-11-7-5-10(2,6-8-11)9-12-3/h4-9H2,1-3H3. The van der Waals surface area contributed by atoms with Crippen molar-refractivity contribution in [2.24, 2.45) is 5.41 Å². The minimum atomic E-state index is 0.445. The highest BCUT2D eigenvalue weighted by atomic mass is 16.5. The van der Waals surface area contributed by atoms with E-state index in [0.717, 1.165) is 6.61 Å². The summed E-state index contributed by atoms with van der Waals surface area (Å²) in [5, 5.41) is 0. The van der Waals surface area contributed by atoms with E-state index in [9.17, 15) is 0 Å². The largest absolute Gasteiger partial charge is 0.384 e. The van der Waals surface area contributed by atoms with E-state index >= 15 is 0 Å². The zero-order chi connectivity index (χ0) is 9.03. The molecule has 72 valence electrons. The summed E-state index contributed by atoms with van der Waals surface area (Å²) in [7, 11) is 1.80. The Labute approximate surface area is 75.9 Å². The summed E-state index contributed by atoms with van der Waals surface area (Å²) in [6.07, 6.45) is 2.57. The van der Waals surface area contributed by atoms with Crippen LogP contribution in [0.1, 0.15) is 26.7 Å². The topological polar surface area (TPSA) is 12.5 Å². The Balaban J connectivity index is 2.33. The zero-order valence-electron chi connectivity index (χ0n) is 8.60. The van der Waals surface area contributed by atoms with Gasteiger partial charge in [0, 0.05) is 7.11 Å². The van der Waals surface area contributed by atoms with E-state index in [2.05, 4.69) is 18.7 Å². The first kappa shape index (κ1) is 10.0. The number of hydrogen-bond acceptors (Lipinski definition) is 2.